The van der Waals surface area contributed by atoms with Gasteiger partial charge in [-0.15, -0.1) is 0 Å². The monoisotopic (exact) mass is 274 g/mol. The van der Waals surface area contributed by atoms with Crippen molar-refractivity contribution in [1.29, 1.82) is 5.41 Å². The minimum Gasteiger partial charge on any atom is -0.394 e. The van der Waals surface area contributed by atoms with E-state index in [1.54, 1.807) is 0 Å². The van der Waals surface area contributed by atoms with Crippen LogP contribution in [0.15, 0.2) is 48.7 Å². The summed E-state index contributed by atoms with van der Waals surface area (Å²) in [5.74, 6) is 0.503. The molecule has 0 fully saturated rings. The fourth-order valence-corrected chi connectivity index (χ4v) is 2.33. The Hall–Kier alpha value is -1.57. The van der Waals surface area contributed by atoms with Crippen molar-refractivity contribution in [3.05, 3.63) is 48.7 Å². The topological polar surface area (TPSA) is 35.9 Å². The zero-order valence-electron chi connectivity index (χ0n) is 13.2. The first kappa shape index (κ1) is 18.4. The van der Waals surface area contributed by atoms with Crippen LogP contribution in [0.4, 0.5) is 0 Å². The van der Waals surface area contributed by atoms with Crippen molar-refractivity contribution < 1.29 is 0 Å². The normalized spacial score (nSPS) is 12.6. The van der Waals surface area contributed by atoms with E-state index in [1.807, 2.05) is 19.3 Å². The quantitative estimate of drug-likeness (QED) is 0.293. The first-order valence-electron chi connectivity index (χ1n) is 7.43. The lowest BCUT2D eigenvalue weighted by Crippen LogP contribution is -2.07. The van der Waals surface area contributed by atoms with Gasteiger partial charge in [-0.05, 0) is 55.4 Å². The largest absolute Gasteiger partial charge is 0.394 e. The summed E-state index contributed by atoms with van der Waals surface area (Å²) in [6, 6.07) is 0. The number of allylic oxidation sites excluding steroid dienone is 4. The van der Waals surface area contributed by atoms with E-state index in [0.29, 0.717) is 5.92 Å². The van der Waals surface area contributed by atoms with Crippen LogP contribution in [-0.2, 0) is 0 Å². The lowest BCUT2D eigenvalue weighted by atomic mass is 9.87. The van der Waals surface area contributed by atoms with Crippen molar-refractivity contribution in [3.63, 3.8) is 0 Å². The Bertz CT molecular complexity index is 364. The molecule has 0 aromatic carbocycles. The summed E-state index contributed by atoms with van der Waals surface area (Å²) in [7, 11) is 1.92. The summed E-state index contributed by atoms with van der Waals surface area (Å²) in [5, 5.41) is 10.2. The van der Waals surface area contributed by atoms with E-state index in [4.69, 9.17) is 5.41 Å². The van der Waals surface area contributed by atoms with Gasteiger partial charge in [0.05, 0.1) is 0 Å². The smallest absolute Gasteiger partial charge is 0.0203 e. The van der Waals surface area contributed by atoms with Crippen LogP contribution in [0.2, 0.25) is 0 Å². The molecule has 0 heterocycles. The first-order valence-corrected chi connectivity index (χ1v) is 7.43. The second-order valence-electron chi connectivity index (χ2n) is 5.23. The second-order valence-corrected chi connectivity index (χ2v) is 5.23. The molecular weight excluding hydrogens is 244 g/mol. The van der Waals surface area contributed by atoms with Crippen LogP contribution in [0.25, 0.3) is 0 Å². The molecule has 2 nitrogen and oxygen atoms in total. The van der Waals surface area contributed by atoms with Crippen molar-refractivity contribution in [1.82, 2.24) is 5.32 Å². The number of hydrogen-bond acceptors (Lipinski definition) is 2. The first-order chi connectivity index (χ1) is 9.58. The average Bonchev–Trinajstić information content (AvgIpc) is 2.44. The predicted molar refractivity (Wildman–Crippen MR) is 91.3 cm³/mol. The van der Waals surface area contributed by atoms with Gasteiger partial charge >= 0.3 is 0 Å². The minimum absolute atomic E-state index is 0.503. The maximum absolute atomic E-state index is 7.12. The van der Waals surface area contributed by atoms with E-state index in [0.717, 1.165) is 44.1 Å². The van der Waals surface area contributed by atoms with E-state index in [2.05, 4.69) is 32.0 Å². The standard InChI is InChI=1S/C18H30N2/c1-6-9-18(17(7-2)14-20-5)12-15(3)10-8-11-16(4)13-19/h7,13-14,18-20H,2-4,6,8-12H2,1,5H3/b17-14+,19-13?. The maximum Gasteiger partial charge on any atom is 0.0203 e. The van der Waals surface area contributed by atoms with Crippen LogP contribution in [0.1, 0.15) is 45.4 Å². The molecule has 0 aliphatic heterocycles. The highest BCUT2D eigenvalue weighted by Gasteiger charge is 2.12. The van der Waals surface area contributed by atoms with Gasteiger partial charge in [-0.25, -0.2) is 0 Å². The van der Waals surface area contributed by atoms with Crippen LogP contribution < -0.4 is 5.32 Å². The summed E-state index contributed by atoms with van der Waals surface area (Å²) in [5.41, 5.74) is 3.44. The molecule has 0 radical (unpaired) electrons. The van der Waals surface area contributed by atoms with Crippen LogP contribution in [0, 0.1) is 11.3 Å². The highest BCUT2D eigenvalue weighted by atomic mass is 14.8. The van der Waals surface area contributed by atoms with Gasteiger partial charge in [-0.2, -0.15) is 0 Å². The van der Waals surface area contributed by atoms with E-state index in [-0.39, 0.29) is 0 Å². The van der Waals surface area contributed by atoms with Crippen LogP contribution in [-0.4, -0.2) is 13.3 Å². The average molecular weight is 274 g/mol. The van der Waals surface area contributed by atoms with Crippen LogP contribution in [0.3, 0.4) is 0 Å². The lowest BCUT2D eigenvalue weighted by molar-refractivity contribution is 0.542. The van der Waals surface area contributed by atoms with Crippen molar-refractivity contribution in [2.45, 2.75) is 45.4 Å². The van der Waals surface area contributed by atoms with Crippen molar-refractivity contribution in [2.24, 2.45) is 5.92 Å². The zero-order valence-corrected chi connectivity index (χ0v) is 13.2. The number of nitrogens with one attached hydrogen (secondary N) is 2. The van der Waals surface area contributed by atoms with Gasteiger partial charge in [-0.3, -0.25) is 0 Å². The van der Waals surface area contributed by atoms with Gasteiger partial charge in [-0.1, -0.05) is 44.7 Å². The summed E-state index contributed by atoms with van der Waals surface area (Å²) < 4.78 is 0. The molecule has 2 N–H and O–H groups in total. The van der Waals surface area contributed by atoms with Gasteiger partial charge in [0.25, 0.3) is 0 Å². The second kappa shape index (κ2) is 11.3. The van der Waals surface area contributed by atoms with Gasteiger partial charge < -0.3 is 10.7 Å². The Labute approximate surface area is 124 Å². The molecule has 0 rings (SSSR count). The molecule has 0 spiro atoms. The molecule has 0 aliphatic carbocycles. The molecule has 0 bridgehead atoms. The molecule has 0 aliphatic rings. The van der Waals surface area contributed by atoms with Crippen LogP contribution >= 0.6 is 0 Å². The van der Waals surface area contributed by atoms with E-state index in [9.17, 15) is 0 Å². The molecular formula is C18H30N2. The number of rotatable bonds is 12. The summed E-state index contributed by atoms with van der Waals surface area (Å²) in [6.07, 6.45) is 11.6. The predicted octanol–water partition coefficient (Wildman–Crippen LogP) is 5.01. The SMILES string of the molecule is C=C/C(=C\NC)C(CCC)CC(=C)CCCC(=C)C=N. The number of hydrogen-bond donors (Lipinski definition) is 2. The molecule has 112 valence electrons. The van der Waals surface area contributed by atoms with E-state index >= 15 is 0 Å². The highest BCUT2D eigenvalue weighted by Crippen LogP contribution is 2.27. The van der Waals surface area contributed by atoms with Gasteiger partial charge in [0.15, 0.2) is 0 Å². The Morgan fingerprint density at radius 1 is 1.30 bits per heavy atom. The Balaban J connectivity index is 4.40. The molecule has 1 unspecified atom stereocenters. The summed E-state index contributed by atoms with van der Waals surface area (Å²) >= 11 is 0. The lowest BCUT2D eigenvalue weighted by Gasteiger charge is -2.19. The minimum atomic E-state index is 0.503. The molecule has 0 saturated carbocycles. The third kappa shape index (κ3) is 7.78. The molecule has 2 heteroatoms. The summed E-state index contributed by atoms with van der Waals surface area (Å²) in [4.78, 5) is 0. The fraction of sp³-hybridized carbons (Fsp3) is 0.500. The van der Waals surface area contributed by atoms with Gasteiger partial charge in [0, 0.05) is 13.3 Å². The molecule has 1 atom stereocenters. The molecule has 0 aromatic rings. The van der Waals surface area contributed by atoms with Crippen molar-refractivity contribution in [3.8, 4) is 0 Å². The van der Waals surface area contributed by atoms with E-state index < -0.39 is 0 Å². The molecule has 20 heavy (non-hydrogen) atoms. The van der Waals surface area contributed by atoms with Gasteiger partial charge in [0.2, 0.25) is 0 Å². The fourth-order valence-electron chi connectivity index (χ4n) is 2.33. The Kier molecular flexibility index (Phi) is 10.4. The maximum atomic E-state index is 7.12. The summed E-state index contributed by atoms with van der Waals surface area (Å²) in [6.45, 7) is 14.2. The van der Waals surface area contributed by atoms with E-state index in [1.165, 1.54) is 17.4 Å². The zero-order chi connectivity index (χ0) is 15.4. The van der Waals surface area contributed by atoms with Crippen LogP contribution in [0.5, 0.6) is 0 Å². The molecule has 0 saturated heterocycles. The van der Waals surface area contributed by atoms with Crippen molar-refractivity contribution >= 4 is 6.21 Å². The van der Waals surface area contributed by atoms with Crippen molar-refractivity contribution in [2.75, 3.05) is 7.05 Å². The molecule has 0 amide bonds. The Morgan fingerprint density at radius 3 is 2.50 bits per heavy atom. The third-order valence-electron chi connectivity index (χ3n) is 3.42. The molecule has 0 aromatic heterocycles. The third-order valence-corrected chi connectivity index (χ3v) is 3.42. The Morgan fingerprint density at radius 2 is 2.00 bits per heavy atom. The highest BCUT2D eigenvalue weighted by molar-refractivity contribution is 5.74. The van der Waals surface area contributed by atoms with Gasteiger partial charge in [0.1, 0.15) is 0 Å².